The van der Waals surface area contributed by atoms with E-state index >= 15 is 0 Å². The third-order valence-electron chi connectivity index (χ3n) is 5.61. The summed E-state index contributed by atoms with van der Waals surface area (Å²) in [6.07, 6.45) is 7.77. The Kier molecular flexibility index (Phi) is 7.53. The molecule has 1 heterocycles. The lowest BCUT2D eigenvalue weighted by Crippen LogP contribution is -2.34. The van der Waals surface area contributed by atoms with Crippen LogP contribution in [0.1, 0.15) is 55.3 Å². The van der Waals surface area contributed by atoms with Crippen molar-refractivity contribution in [3.8, 4) is 0 Å². The summed E-state index contributed by atoms with van der Waals surface area (Å²) in [5.74, 6) is 0.370. The van der Waals surface area contributed by atoms with Gasteiger partial charge in [-0.1, -0.05) is 19.3 Å². The molecule has 1 atom stereocenters. The second-order valence-electron chi connectivity index (χ2n) is 7.82. The van der Waals surface area contributed by atoms with Crippen molar-refractivity contribution in [2.75, 3.05) is 26.7 Å². The summed E-state index contributed by atoms with van der Waals surface area (Å²) in [5.41, 5.74) is 0.373. The zero-order chi connectivity index (χ0) is 20.1. The van der Waals surface area contributed by atoms with Crippen molar-refractivity contribution in [3.63, 3.8) is 0 Å². The standard InChI is InChI=1S/C20H29BrN2O4S/c1-23(14-15-6-3-2-4-7-15)20(24)18-12-17(9-10-19(18)21)28(25,26)22-13-16-8-5-11-27-16/h9-10,12,15-16,22H,2-8,11,13-14H2,1H3. The van der Waals surface area contributed by atoms with Crippen LogP contribution < -0.4 is 4.72 Å². The number of hydrogen-bond donors (Lipinski definition) is 1. The first kappa shape index (κ1) is 21.7. The molecule has 6 nitrogen and oxygen atoms in total. The highest BCUT2D eigenvalue weighted by molar-refractivity contribution is 9.10. The van der Waals surface area contributed by atoms with Gasteiger partial charge in [-0.3, -0.25) is 4.79 Å². The Hall–Kier alpha value is -0.960. The molecule has 1 aromatic rings. The van der Waals surface area contributed by atoms with Crippen LogP contribution in [-0.2, 0) is 14.8 Å². The number of nitrogens with one attached hydrogen (secondary N) is 1. The SMILES string of the molecule is CN(CC1CCCCC1)C(=O)c1cc(S(=O)(=O)NCC2CCCO2)ccc1Br. The van der Waals surface area contributed by atoms with Crippen LogP contribution in [0.5, 0.6) is 0 Å². The summed E-state index contributed by atoms with van der Waals surface area (Å²) >= 11 is 3.40. The molecule has 156 valence electrons. The van der Waals surface area contributed by atoms with Crippen LogP contribution in [0.3, 0.4) is 0 Å². The molecule has 0 spiro atoms. The van der Waals surface area contributed by atoms with E-state index in [9.17, 15) is 13.2 Å². The Morgan fingerprint density at radius 3 is 2.64 bits per heavy atom. The number of hydrogen-bond acceptors (Lipinski definition) is 4. The summed E-state index contributed by atoms with van der Waals surface area (Å²) in [5, 5.41) is 0. The smallest absolute Gasteiger partial charge is 0.254 e. The average Bonchev–Trinajstić information content (AvgIpc) is 3.20. The van der Waals surface area contributed by atoms with Gasteiger partial charge < -0.3 is 9.64 Å². The molecule has 2 fully saturated rings. The second kappa shape index (κ2) is 9.69. The fraction of sp³-hybridized carbons (Fsp3) is 0.650. The second-order valence-corrected chi connectivity index (χ2v) is 10.4. The summed E-state index contributed by atoms with van der Waals surface area (Å²) in [4.78, 5) is 14.8. The van der Waals surface area contributed by atoms with Gasteiger partial charge in [0, 0.05) is 31.2 Å². The van der Waals surface area contributed by atoms with Crippen LogP contribution in [0.25, 0.3) is 0 Å². The van der Waals surface area contributed by atoms with E-state index in [0.717, 1.165) is 25.7 Å². The van der Waals surface area contributed by atoms with Crippen molar-refractivity contribution < 1.29 is 17.9 Å². The molecular formula is C20H29BrN2O4S. The number of ether oxygens (including phenoxy) is 1. The maximum Gasteiger partial charge on any atom is 0.254 e. The summed E-state index contributed by atoms with van der Waals surface area (Å²) in [7, 11) is -1.90. The van der Waals surface area contributed by atoms with E-state index in [0.29, 0.717) is 29.1 Å². The number of carbonyl (C=O) groups excluding carboxylic acids is 1. The monoisotopic (exact) mass is 472 g/mol. The molecule has 0 aromatic heterocycles. The molecule has 3 rings (SSSR count). The Balaban J connectivity index is 1.69. The van der Waals surface area contributed by atoms with E-state index < -0.39 is 10.0 Å². The highest BCUT2D eigenvalue weighted by atomic mass is 79.9. The molecule has 0 radical (unpaired) electrons. The Morgan fingerprint density at radius 1 is 1.21 bits per heavy atom. The summed E-state index contributed by atoms with van der Waals surface area (Å²) < 4.78 is 34.0. The molecule has 1 aromatic carbocycles. The largest absolute Gasteiger partial charge is 0.377 e. The fourth-order valence-corrected chi connectivity index (χ4v) is 5.48. The number of carbonyl (C=O) groups is 1. The molecule has 1 aliphatic heterocycles. The van der Waals surface area contributed by atoms with Crippen molar-refractivity contribution in [3.05, 3.63) is 28.2 Å². The maximum absolute atomic E-state index is 12.9. The third kappa shape index (κ3) is 5.55. The van der Waals surface area contributed by atoms with Crippen molar-refractivity contribution in [1.29, 1.82) is 0 Å². The molecule has 2 aliphatic rings. The normalized spacial score (nSPS) is 21.0. The molecule has 0 bridgehead atoms. The zero-order valence-electron chi connectivity index (χ0n) is 16.3. The molecule has 8 heteroatoms. The summed E-state index contributed by atoms with van der Waals surface area (Å²) in [6.45, 7) is 1.64. The first-order chi connectivity index (χ1) is 13.4. The van der Waals surface area contributed by atoms with E-state index in [1.165, 1.54) is 31.4 Å². The minimum atomic E-state index is -3.70. The minimum absolute atomic E-state index is 0.0760. The van der Waals surface area contributed by atoms with Gasteiger partial charge in [-0.2, -0.15) is 0 Å². The number of halogens is 1. The van der Waals surface area contributed by atoms with Crippen molar-refractivity contribution in [2.45, 2.75) is 55.9 Å². The predicted molar refractivity (Wildman–Crippen MR) is 112 cm³/mol. The third-order valence-corrected chi connectivity index (χ3v) is 7.72. The minimum Gasteiger partial charge on any atom is -0.377 e. The fourth-order valence-electron chi connectivity index (χ4n) is 3.97. The molecule has 28 heavy (non-hydrogen) atoms. The van der Waals surface area contributed by atoms with Gasteiger partial charge in [0.15, 0.2) is 0 Å². The zero-order valence-corrected chi connectivity index (χ0v) is 18.7. The predicted octanol–water partition coefficient (Wildman–Crippen LogP) is 3.56. The quantitative estimate of drug-likeness (QED) is 0.657. The topological polar surface area (TPSA) is 75.7 Å². The lowest BCUT2D eigenvalue weighted by molar-refractivity contribution is 0.0759. The highest BCUT2D eigenvalue weighted by Gasteiger charge is 2.24. The molecule has 1 amide bonds. The Bertz CT molecular complexity index is 787. The van der Waals surface area contributed by atoms with E-state index in [2.05, 4.69) is 20.7 Å². The van der Waals surface area contributed by atoms with Crippen molar-refractivity contribution in [1.82, 2.24) is 9.62 Å². The highest BCUT2D eigenvalue weighted by Crippen LogP contribution is 2.26. The molecule has 1 saturated heterocycles. The molecular weight excluding hydrogens is 444 g/mol. The van der Waals surface area contributed by atoms with Crippen molar-refractivity contribution >= 4 is 31.9 Å². The van der Waals surface area contributed by atoms with E-state index in [-0.39, 0.29) is 23.5 Å². The number of benzene rings is 1. The van der Waals surface area contributed by atoms with Crippen LogP contribution in [0.15, 0.2) is 27.6 Å². The molecule has 1 saturated carbocycles. The number of amides is 1. The van der Waals surface area contributed by atoms with Crippen LogP contribution in [0, 0.1) is 5.92 Å². The van der Waals surface area contributed by atoms with E-state index in [4.69, 9.17) is 4.74 Å². The van der Waals surface area contributed by atoms with Gasteiger partial charge in [0.2, 0.25) is 10.0 Å². The number of sulfonamides is 1. The van der Waals surface area contributed by atoms with Crippen LogP contribution in [0.4, 0.5) is 0 Å². The van der Waals surface area contributed by atoms with Crippen molar-refractivity contribution in [2.24, 2.45) is 5.92 Å². The van der Waals surface area contributed by atoms with E-state index in [1.807, 2.05) is 0 Å². The Labute approximate surface area is 176 Å². The summed E-state index contributed by atoms with van der Waals surface area (Å²) in [6, 6.07) is 4.60. The van der Waals surface area contributed by atoms with Crippen LogP contribution >= 0.6 is 15.9 Å². The Morgan fingerprint density at radius 2 is 1.96 bits per heavy atom. The first-order valence-electron chi connectivity index (χ1n) is 10.0. The average molecular weight is 473 g/mol. The number of nitrogens with zero attached hydrogens (tertiary/aromatic N) is 1. The van der Waals surface area contributed by atoms with Gasteiger partial charge in [-0.05, 0) is 65.7 Å². The van der Waals surface area contributed by atoms with Gasteiger partial charge in [0.1, 0.15) is 0 Å². The lowest BCUT2D eigenvalue weighted by atomic mass is 9.89. The van der Waals surface area contributed by atoms with Gasteiger partial charge in [-0.25, -0.2) is 13.1 Å². The van der Waals surface area contributed by atoms with Gasteiger partial charge in [0.05, 0.1) is 16.6 Å². The van der Waals surface area contributed by atoms with Gasteiger partial charge >= 0.3 is 0 Å². The van der Waals surface area contributed by atoms with E-state index in [1.54, 1.807) is 18.0 Å². The maximum atomic E-state index is 12.9. The first-order valence-corrected chi connectivity index (χ1v) is 12.3. The van der Waals surface area contributed by atoms with Crippen LogP contribution in [0.2, 0.25) is 0 Å². The molecule has 1 unspecified atom stereocenters. The van der Waals surface area contributed by atoms with Gasteiger partial charge in [-0.15, -0.1) is 0 Å². The lowest BCUT2D eigenvalue weighted by Gasteiger charge is -2.27. The van der Waals surface area contributed by atoms with Gasteiger partial charge in [0.25, 0.3) is 5.91 Å². The van der Waals surface area contributed by atoms with Crippen LogP contribution in [-0.4, -0.2) is 52.1 Å². The number of rotatable bonds is 7. The molecule has 1 N–H and O–H groups in total. The molecule has 1 aliphatic carbocycles.